The zero-order valence-corrected chi connectivity index (χ0v) is 15.4. The van der Waals surface area contributed by atoms with Gasteiger partial charge in [-0.2, -0.15) is 0 Å². The molecule has 0 aliphatic carbocycles. The number of carbonyl (C=O) groups is 2. The van der Waals surface area contributed by atoms with E-state index in [1.54, 1.807) is 49.4 Å². The first-order chi connectivity index (χ1) is 13.4. The first-order valence-corrected chi connectivity index (χ1v) is 8.61. The summed E-state index contributed by atoms with van der Waals surface area (Å²) in [5.41, 5.74) is 0.897. The molecule has 0 aliphatic rings. The second-order valence-corrected chi connectivity index (χ2v) is 6.26. The van der Waals surface area contributed by atoms with Crippen LogP contribution in [0.4, 0.5) is 5.69 Å². The van der Waals surface area contributed by atoms with Crippen LogP contribution in [0, 0.1) is 6.92 Å². The third-order valence-electron chi connectivity index (χ3n) is 4.37. The molecule has 2 N–H and O–H groups in total. The number of hydrogen-bond donors (Lipinski definition) is 2. The van der Waals surface area contributed by atoms with E-state index in [1.807, 2.05) is 0 Å². The normalized spacial score (nSPS) is 10.6. The molecule has 1 aromatic heterocycles. The maximum absolute atomic E-state index is 12.5. The number of fused-ring (bicyclic) bond motifs is 1. The van der Waals surface area contributed by atoms with Crippen LogP contribution in [0.15, 0.2) is 52.1 Å². The van der Waals surface area contributed by atoms with Gasteiger partial charge >= 0.3 is 5.97 Å². The second-order valence-electron chi connectivity index (χ2n) is 6.26. The number of anilines is 1. The van der Waals surface area contributed by atoms with Crippen LogP contribution >= 0.6 is 0 Å². The minimum atomic E-state index is -0.458. The van der Waals surface area contributed by atoms with Crippen LogP contribution < -0.4 is 16.4 Å². The van der Waals surface area contributed by atoms with Gasteiger partial charge in [0.2, 0.25) is 5.91 Å². The maximum Gasteiger partial charge on any atom is 0.337 e. The Kier molecular flexibility index (Phi) is 5.39. The molecule has 1 heterocycles. The van der Waals surface area contributed by atoms with Crippen LogP contribution in [0.3, 0.4) is 0 Å². The van der Waals surface area contributed by atoms with Gasteiger partial charge in [0, 0.05) is 12.1 Å². The lowest BCUT2D eigenvalue weighted by atomic mass is 10.1. The topological polar surface area (TPSA) is 110 Å². The van der Waals surface area contributed by atoms with Gasteiger partial charge in [-0.15, -0.1) is 0 Å². The van der Waals surface area contributed by atoms with Gasteiger partial charge in [-0.3, -0.25) is 19.5 Å². The quantitative estimate of drug-likeness (QED) is 0.655. The van der Waals surface area contributed by atoms with E-state index in [2.05, 4.69) is 15.2 Å². The molecule has 0 aliphatic heterocycles. The van der Waals surface area contributed by atoms with Gasteiger partial charge in [-0.05, 0) is 42.8 Å². The number of nitrogens with zero attached hydrogens (tertiary/aromatic N) is 1. The average Bonchev–Trinajstić information content (AvgIpc) is 2.70. The molecular formula is C20H19N3O5. The van der Waals surface area contributed by atoms with E-state index < -0.39 is 5.97 Å². The number of aromatic amines is 1. The number of carbonyl (C=O) groups excluding carboxylic acids is 2. The number of esters is 1. The van der Waals surface area contributed by atoms with Crippen molar-refractivity contribution in [2.24, 2.45) is 0 Å². The Labute approximate surface area is 159 Å². The molecule has 144 valence electrons. The number of nitrogens with one attached hydrogen (secondary N) is 2. The number of rotatable bonds is 5. The molecule has 8 heteroatoms. The number of ether oxygens (including phenoxy) is 1. The van der Waals surface area contributed by atoms with Crippen molar-refractivity contribution >= 4 is 28.3 Å². The first kappa shape index (κ1) is 19.1. The summed E-state index contributed by atoms with van der Waals surface area (Å²) in [6.45, 7) is 1.79. The summed E-state index contributed by atoms with van der Waals surface area (Å²) >= 11 is 0. The van der Waals surface area contributed by atoms with Crippen molar-refractivity contribution in [3.8, 4) is 0 Å². The molecule has 3 rings (SSSR count). The van der Waals surface area contributed by atoms with Crippen LogP contribution in [0.5, 0.6) is 0 Å². The number of aryl methyl sites for hydroxylation is 2. The maximum atomic E-state index is 12.5. The Hall–Kier alpha value is -3.68. The lowest BCUT2D eigenvalue weighted by Crippen LogP contribution is -2.31. The largest absolute Gasteiger partial charge is 0.465 e. The number of hydrogen-bond acceptors (Lipinski definition) is 5. The van der Waals surface area contributed by atoms with E-state index in [9.17, 15) is 19.2 Å². The molecule has 0 spiro atoms. The summed E-state index contributed by atoms with van der Waals surface area (Å²) in [4.78, 5) is 48.3. The van der Waals surface area contributed by atoms with Crippen molar-refractivity contribution in [1.29, 1.82) is 0 Å². The van der Waals surface area contributed by atoms with E-state index in [0.29, 0.717) is 27.6 Å². The molecule has 0 saturated carbocycles. The van der Waals surface area contributed by atoms with E-state index in [4.69, 9.17) is 0 Å². The summed E-state index contributed by atoms with van der Waals surface area (Å²) in [5, 5.41) is 5.85. The van der Waals surface area contributed by atoms with Gasteiger partial charge in [0.05, 0.1) is 30.0 Å². The third kappa shape index (κ3) is 3.85. The van der Waals surface area contributed by atoms with Crippen molar-refractivity contribution in [3.05, 3.63) is 74.3 Å². The Balaban J connectivity index is 1.72. The molecule has 3 aromatic rings. The predicted molar refractivity (Wildman–Crippen MR) is 105 cm³/mol. The van der Waals surface area contributed by atoms with E-state index >= 15 is 0 Å². The number of H-pyrrole nitrogens is 1. The highest BCUT2D eigenvalue weighted by Crippen LogP contribution is 2.17. The van der Waals surface area contributed by atoms with Gasteiger partial charge < -0.3 is 10.1 Å². The number of aromatic nitrogens is 2. The molecule has 0 radical (unpaired) electrons. The Bertz CT molecular complexity index is 1180. The molecule has 28 heavy (non-hydrogen) atoms. The van der Waals surface area contributed by atoms with Crippen LogP contribution in [0.1, 0.15) is 22.3 Å². The monoisotopic (exact) mass is 381 g/mol. The summed E-state index contributed by atoms with van der Waals surface area (Å²) in [6, 6.07) is 11.3. The number of benzene rings is 2. The molecule has 1 amide bonds. The van der Waals surface area contributed by atoms with Crippen molar-refractivity contribution in [1.82, 2.24) is 9.78 Å². The highest BCUT2D eigenvalue weighted by molar-refractivity contribution is 5.94. The molecule has 0 saturated heterocycles. The van der Waals surface area contributed by atoms with Crippen LogP contribution in [-0.2, 0) is 16.1 Å². The minimum absolute atomic E-state index is 0.00756. The lowest BCUT2D eigenvalue weighted by Gasteiger charge is -2.11. The van der Waals surface area contributed by atoms with Crippen LogP contribution in [0.25, 0.3) is 10.8 Å². The average molecular weight is 381 g/mol. The smallest absolute Gasteiger partial charge is 0.337 e. The number of amides is 1. The summed E-state index contributed by atoms with van der Waals surface area (Å²) in [7, 11) is 1.30. The zero-order valence-electron chi connectivity index (χ0n) is 15.4. The fourth-order valence-corrected chi connectivity index (χ4v) is 2.88. The molecule has 0 fully saturated rings. The first-order valence-electron chi connectivity index (χ1n) is 8.61. The summed E-state index contributed by atoms with van der Waals surface area (Å²) in [5.74, 6) is -0.782. The van der Waals surface area contributed by atoms with Crippen molar-refractivity contribution in [2.75, 3.05) is 12.4 Å². The van der Waals surface area contributed by atoms with E-state index in [0.717, 1.165) is 4.68 Å². The van der Waals surface area contributed by atoms with Crippen LogP contribution in [-0.4, -0.2) is 28.8 Å². The Morgan fingerprint density at radius 3 is 2.50 bits per heavy atom. The van der Waals surface area contributed by atoms with Gasteiger partial charge in [0.25, 0.3) is 11.1 Å². The van der Waals surface area contributed by atoms with E-state index in [-0.39, 0.29) is 30.0 Å². The third-order valence-corrected chi connectivity index (χ3v) is 4.37. The van der Waals surface area contributed by atoms with Gasteiger partial charge in [-0.1, -0.05) is 12.1 Å². The molecule has 0 bridgehead atoms. The second kappa shape index (κ2) is 7.91. The molecule has 8 nitrogen and oxygen atoms in total. The van der Waals surface area contributed by atoms with Crippen LogP contribution in [0.2, 0.25) is 0 Å². The van der Waals surface area contributed by atoms with E-state index in [1.165, 1.54) is 7.11 Å². The fraction of sp³-hybridized carbons (Fsp3) is 0.200. The molecular weight excluding hydrogens is 362 g/mol. The van der Waals surface area contributed by atoms with Crippen molar-refractivity contribution in [3.63, 3.8) is 0 Å². The standard InChI is InChI=1S/C20H19N3O5/c1-12-11-13(20(27)28-2)7-8-16(12)21-17(24)9-10-23-19(26)15-6-4-3-5-14(15)18(25)22-23/h3-8,11H,9-10H2,1-2H3,(H,21,24)(H,22,25). The van der Waals surface area contributed by atoms with Crippen molar-refractivity contribution in [2.45, 2.75) is 19.9 Å². The molecule has 0 unspecified atom stereocenters. The van der Waals surface area contributed by atoms with Gasteiger partial charge in [-0.25, -0.2) is 9.48 Å². The van der Waals surface area contributed by atoms with Gasteiger partial charge in [0.15, 0.2) is 0 Å². The predicted octanol–water partition coefficient (Wildman–Crippen LogP) is 1.81. The molecule has 2 aromatic carbocycles. The fourth-order valence-electron chi connectivity index (χ4n) is 2.88. The SMILES string of the molecule is COC(=O)c1ccc(NC(=O)CCn2[nH]c(=O)c3ccccc3c2=O)c(C)c1. The Morgan fingerprint density at radius 2 is 1.82 bits per heavy atom. The highest BCUT2D eigenvalue weighted by Gasteiger charge is 2.11. The number of methoxy groups -OCH3 is 1. The van der Waals surface area contributed by atoms with Gasteiger partial charge in [0.1, 0.15) is 0 Å². The highest BCUT2D eigenvalue weighted by atomic mass is 16.5. The zero-order chi connectivity index (χ0) is 20.3. The summed E-state index contributed by atoms with van der Waals surface area (Å²) in [6.07, 6.45) is -0.00756. The summed E-state index contributed by atoms with van der Waals surface area (Å²) < 4.78 is 5.80. The Morgan fingerprint density at radius 1 is 1.11 bits per heavy atom. The minimum Gasteiger partial charge on any atom is -0.465 e. The van der Waals surface area contributed by atoms with Crippen molar-refractivity contribution < 1.29 is 14.3 Å². The molecule has 0 atom stereocenters. The lowest BCUT2D eigenvalue weighted by molar-refractivity contribution is -0.116.